The monoisotopic (exact) mass is 270 g/mol. The summed E-state index contributed by atoms with van der Waals surface area (Å²) in [7, 11) is 0. The molecule has 0 bridgehead atoms. The summed E-state index contributed by atoms with van der Waals surface area (Å²) in [6.45, 7) is 3.49. The summed E-state index contributed by atoms with van der Waals surface area (Å²) in [5.74, 6) is 0.757. The molecule has 1 atom stereocenters. The second-order valence-corrected chi connectivity index (χ2v) is 5.37. The fourth-order valence-electron chi connectivity index (χ4n) is 2.37. The molecule has 2 N–H and O–H groups in total. The van der Waals surface area contributed by atoms with Gasteiger partial charge in [0.05, 0.1) is 13.1 Å². The molecule has 0 radical (unpaired) electrons. The van der Waals surface area contributed by atoms with Gasteiger partial charge in [-0.3, -0.25) is 0 Å². The van der Waals surface area contributed by atoms with Crippen molar-refractivity contribution in [1.82, 2.24) is 0 Å². The van der Waals surface area contributed by atoms with Gasteiger partial charge >= 0.3 is 0 Å². The average molecular weight is 271 g/mol. The molecule has 1 aromatic rings. The van der Waals surface area contributed by atoms with E-state index in [1.807, 2.05) is 12.1 Å². The second kappa shape index (κ2) is 6.98. The highest BCUT2D eigenvalue weighted by Gasteiger charge is 2.18. The van der Waals surface area contributed by atoms with Crippen molar-refractivity contribution >= 4 is 11.6 Å². The number of halogens is 1. The minimum absolute atomic E-state index is 0.352. The van der Waals surface area contributed by atoms with E-state index in [9.17, 15) is 5.11 Å². The summed E-state index contributed by atoms with van der Waals surface area (Å²) in [5.41, 5.74) is 0. The first-order chi connectivity index (χ1) is 8.74. The summed E-state index contributed by atoms with van der Waals surface area (Å²) < 4.78 is 5.54. The number of likely N-dealkylation sites (tertiary alicyclic amines) is 1. The first-order valence-electron chi connectivity index (χ1n) is 6.64. The van der Waals surface area contributed by atoms with Gasteiger partial charge in [-0.2, -0.15) is 0 Å². The molecule has 1 aliphatic heterocycles. The first-order valence-corrected chi connectivity index (χ1v) is 7.02. The van der Waals surface area contributed by atoms with Gasteiger partial charge in [0.15, 0.2) is 0 Å². The smallest absolute Gasteiger partial charge is 0.137 e. The Labute approximate surface area is 113 Å². The highest BCUT2D eigenvalue weighted by molar-refractivity contribution is 6.30. The molecule has 0 unspecified atom stereocenters. The van der Waals surface area contributed by atoms with Crippen LogP contribution in [0.4, 0.5) is 0 Å². The predicted octanol–water partition coefficient (Wildman–Crippen LogP) is 1.15. The van der Waals surface area contributed by atoms with Crippen molar-refractivity contribution in [2.45, 2.75) is 25.4 Å². The molecule has 100 valence electrons. The minimum atomic E-state index is -0.395. The van der Waals surface area contributed by atoms with Gasteiger partial charge < -0.3 is 14.7 Å². The Morgan fingerprint density at radius 3 is 2.50 bits per heavy atom. The molecule has 3 nitrogen and oxygen atoms in total. The van der Waals surface area contributed by atoms with E-state index in [2.05, 4.69) is 0 Å². The van der Waals surface area contributed by atoms with Gasteiger partial charge in [0.25, 0.3) is 0 Å². The van der Waals surface area contributed by atoms with Gasteiger partial charge in [-0.25, -0.2) is 0 Å². The van der Waals surface area contributed by atoms with E-state index >= 15 is 0 Å². The number of hydrogen-bond donors (Lipinski definition) is 2. The fraction of sp³-hybridized carbons (Fsp3) is 0.571. The quantitative estimate of drug-likeness (QED) is 0.842. The number of quaternary nitrogens is 1. The van der Waals surface area contributed by atoms with Crippen LogP contribution in [0.1, 0.15) is 19.3 Å². The zero-order valence-electron chi connectivity index (χ0n) is 10.6. The molecular formula is C14H21ClNO2+. The van der Waals surface area contributed by atoms with Gasteiger partial charge in [0, 0.05) is 5.02 Å². The molecule has 1 heterocycles. The Balaban J connectivity index is 1.70. The third-order valence-electron chi connectivity index (χ3n) is 3.34. The number of aliphatic hydroxyl groups excluding tert-OH is 1. The Morgan fingerprint density at radius 1 is 1.17 bits per heavy atom. The van der Waals surface area contributed by atoms with Crippen LogP contribution in [0, 0.1) is 0 Å². The van der Waals surface area contributed by atoms with Crippen LogP contribution in [-0.2, 0) is 0 Å². The Bertz CT molecular complexity index is 349. The normalized spacial score (nSPS) is 18.6. The molecule has 4 heteroatoms. The van der Waals surface area contributed by atoms with Gasteiger partial charge in [0.1, 0.15) is 25.0 Å². The number of hydrogen-bond acceptors (Lipinski definition) is 2. The van der Waals surface area contributed by atoms with E-state index in [4.69, 9.17) is 16.3 Å². The molecule has 1 saturated heterocycles. The minimum Gasteiger partial charge on any atom is -0.491 e. The Kier molecular flexibility index (Phi) is 5.29. The van der Waals surface area contributed by atoms with E-state index in [0.29, 0.717) is 11.6 Å². The van der Waals surface area contributed by atoms with E-state index in [0.717, 1.165) is 12.3 Å². The zero-order valence-corrected chi connectivity index (χ0v) is 11.3. The molecule has 1 aliphatic rings. The Hall–Kier alpha value is -0.770. The van der Waals surface area contributed by atoms with E-state index in [1.165, 1.54) is 37.3 Å². The van der Waals surface area contributed by atoms with Crippen LogP contribution in [0.2, 0.25) is 5.02 Å². The van der Waals surface area contributed by atoms with Crippen LogP contribution < -0.4 is 9.64 Å². The van der Waals surface area contributed by atoms with Crippen LogP contribution in [0.25, 0.3) is 0 Å². The van der Waals surface area contributed by atoms with Crippen LogP contribution >= 0.6 is 11.6 Å². The summed E-state index contributed by atoms with van der Waals surface area (Å²) in [5, 5.41) is 10.6. The third-order valence-corrected chi connectivity index (χ3v) is 3.59. The highest BCUT2D eigenvalue weighted by atomic mass is 35.5. The molecule has 0 aromatic heterocycles. The zero-order chi connectivity index (χ0) is 12.8. The number of ether oxygens (including phenoxy) is 1. The molecule has 18 heavy (non-hydrogen) atoms. The van der Waals surface area contributed by atoms with Crippen LogP contribution in [0.15, 0.2) is 24.3 Å². The van der Waals surface area contributed by atoms with Crippen molar-refractivity contribution in [3.63, 3.8) is 0 Å². The third kappa shape index (κ3) is 4.48. The molecule has 1 aromatic carbocycles. The molecule has 0 aliphatic carbocycles. The van der Waals surface area contributed by atoms with Crippen molar-refractivity contribution in [2.24, 2.45) is 0 Å². The largest absolute Gasteiger partial charge is 0.491 e. The summed E-state index contributed by atoms with van der Waals surface area (Å²) in [4.78, 5) is 1.49. The standard InChI is InChI=1S/C14H20ClNO2/c15-12-4-6-14(7-5-12)18-11-13(17)10-16-8-2-1-3-9-16/h4-7,13,17H,1-3,8-11H2/p+1/t13-/m0/s1. The van der Waals surface area contributed by atoms with Crippen molar-refractivity contribution < 1.29 is 14.7 Å². The maximum atomic E-state index is 9.95. The summed E-state index contributed by atoms with van der Waals surface area (Å²) in [6.07, 6.45) is 3.50. The van der Waals surface area contributed by atoms with Gasteiger partial charge in [-0.05, 0) is 43.5 Å². The van der Waals surface area contributed by atoms with Gasteiger partial charge in [-0.1, -0.05) is 11.6 Å². The highest BCUT2D eigenvalue weighted by Crippen LogP contribution is 2.15. The predicted molar refractivity (Wildman–Crippen MR) is 72.4 cm³/mol. The lowest BCUT2D eigenvalue weighted by Crippen LogP contribution is -3.14. The number of nitrogens with one attached hydrogen (secondary N) is 1. The number of piperidine rings is 1. The van der Waals surface area contributed by atoms with Gasteiger partial charge in [0.2, 0.25) is 0 Å². The van der Waals surface area contributed by atoms with E-state index < -0.39 is 6.10 Å². The van der Waals surface area contributed by atoms with Crippen molar-refractivity contribution in [1.29, 1.82) is 0 Å². The van der Waals surface area contributed by atoms with E-state index in [-0.39, 0.29) is 0 Å². The topological polar surface area (TPSA) is 33.9 Å². The SMILES string of the molecule is O[C@H](COc1ccc(Cl)cc1)C[NH+]1CCCCC1. The second-order valence-electron chi connectivity index (χ2n) is 4.93. The summed E-state index contributed by atoms with van der Waals surface area (Å²) in [6, 6.07) is 7.23. The lowest BCUT2D eigenvalue weighted by molar-refractivity contribution is -0.908. The molecular weight excluding hydrogens is 250 g/mol. The lowest BCUT2D eigenvalue weighted by Gasteiger charge is -2.25. The van der Waals surface area contributed by atoms with Crippen LogP contribution in [0.5, 0.6) is 5.75 Å². The number of aliphatic hydroxyl groups is 1. The van der Waals surface area contributed by atoms with Gasteiger partial charge in [-0.15, -0.1) is 0 Å². The molecule has 2 rings (SSSR count). The number of benzene rings is 1. The molecule has 0 amide bonds. The van der Waals surface area contributed by atoms with Crippen molar-refractivity contribution in [2.75, 3.05) is 26.2 Å². The molecule has 0 saturated carbocycles. The Morgan fingerprint density at radius 2 is 1.83 bits per heavy atom. The lowest BCUT2D eigenvalue weighted by atomic mass is 10.1. The maximum Gasteiger partial charge on any atom is 0.137 e. The van der Waals surface area contributed by atoms with Crippen molar-refractivity contribution in [3.05, 3.63) is 29.3 Å². The van der Waals surface area contributed by atoms with Crippen molar-refractivity contribution in [3.8, 4) is 5.75 Å². The maximum absolute atomic E-state index is 9.95. The fourth-order valence-corrected chi connectivity index (χ4v) is 2.50. The number of rotatable bonds is 5. The average Bonchev–Trinajstić information content (AvgIpc) is 2.39. The molecule has 0 spiro atoms. The molecule has 1 fully saturated rings. The summed E-state index contributed by atoms with van der Waals surface area (Å²) >= 11 is 5.79. The van der Waals surface area contributed by atoms with Crippen LogP contribution in [-0.4, -0.2) is 37.5 Å². The van der Waals surface area contributed by atoms with E-state index in [1.54, 1.807) is 12.1 Å². The van der Waals surface area contributed by atoms with Crippen LogP contribution in [0.3, 0.4) is 0 Å². The first kappa shape index (κ1) is 13.7.